The average molecular weight is 650 g/mol. The first kappa shape index (κ1) is 32.6. The highest BCUT2D eigenvalue weighted by atomic mass is 35.5. The quantitative estimate of drug-likeness (QED) is 0.125. The molecule has 10 atom stereocenters. The molecule has 0 saturated carbocycles. The molecule has 1 amide bonds. The van der Waals surface area contributed by atoms with Crippen LogP contribution >= 0.6 is 23.2 Å². The maximum absolute atomic E-state index is 11.4. The fourth-order valence-electron chi connectivity index (χ4n) is 5.96. The van der Waals surface area contributed by atoms with E-state index >= 15 is 0 Å². The van der Waals surface area contributed by atoms with Crippen molar-refractivity contribution in [3.8, 4) is 0 Å². The third-order valence-electron chi connectivity index (χ3n) is 8.52. The van der Waals surface area contributed by atoms with Gasteiger partial charge in [-0.2, -0.15) is 0 Å². The smallest absolute Gasteiger partial charge is 0.407 e. The summed E-state index contributed by atoms with van der Waals surface area (Å²) in [6.07, 6.45) is -6.60. The molecule has 0 aliphatic carbocycles. The SMILES string of the molecule is C[N+](C)(CCc1c[nH]c2ccc(C[C@@H]3COC(=O)N3)cc12)C[C@H]1O[C@@](CCl)(O[C@H]2O[C@H](CO)[C@H](Cl)[C@H](O)[C@H]2O)[C@@H](O)[C@@H]1O. The summed E-state index contributed by atoms with van der Waals surface area (Å²) in [5.41, 5.74) is 3.19. The highest BCUT2D eigenvalue weighted by Gasteiger charge is 2.59. The normalized spacial score (nSPS) is 36.7. The molecule has 0 bridgehead atoms. The zero-order chi connectivity index (χ0) is 31.1. The molecule has 2 aromatic rings. The van der Waals surface area contributed by atoms with Gasteiger partial charge >= 0.3 is 6.09 Å². The summed E-state index contributed by atoms with van der Waals surface area (Å²) in [5, 5.41) is 55.1. The number of fused-ring (bicyclic) bond motifs is 1. The molecule has 3 aliphatic rings. The van der Waals surface area contributed by atoms with Crippen LogP contribution < -0.4 is 5.32 Å². The molecule has 0 unspecified atom stereocenters. The Balaban J connectivity index is 1.23. The number of cyclic esters (lactones) is 1. The fourth-order valence-corrected chi connectivity index (χ4v) is 6.53. The van der Waals surface area contributed by atoms with Crippen LogP contribution in [-0.2, 0) is 31.8 Å². The van der Waals surface area contributed by atoms with Gasteiger partial charge in [-0.1, -0.05) is 6.07 Å². The summed E-state index contributed by atoms with van der Waals surface area (Å²) in [5.74, 6) is -2.37. The zero-order valence-electron chi connectivity index (χ0n) is 23.9. The molecule has 3 aliphatic heterocycles. The summed E-state index contributed by atoms with van der Waals surface area (Å²) in [6.45, 7) is 0.745. The van der Waals surface area contributed by atoms with E-state index < -0.39 is 72.7 Å². The number of carbonyl (C=O) groups is 1. The van der Waals surface area contributed by atoms with Gasteiger partial charge in [0.25, 0.3) is 0 Å². The lowest BCUT2D eigenvalue weighted by molar-refractivity contribution is -0.893. The van der Waals surface area contributed by atoms with Crippen molar-refractivity contribution in [2.75, 3.05) is 46.3 Å². The van der Waals surface area contributed by atoms with Gasteiger partial charge in [0.1, 0.15) is 49.8 Å². The Morgan fingerprint density at radius 2 is 1.91 bits per heavy atom. The van der Waals surface area contributed by atoms with Crippen LogP contribution in [0, 0.1) is 0 Å². The van der Waals surface area contributed by atoms with Crippen molar-refractivity contribution in [3.63, 3.8) is 0 Å². The molecule has 4 heterocycles. The van der Waals surface area contributed by atoms with E-state index in [4.69, 9.17) is 42.1 Å². The van der Waals surface area contributed by atoms with Gasteiger partial charge < -0.3 is 59.3 Å². The lowest BCUT2D eigenvalue weighted by Gasteiger charge is -2.43. The van der Waals surface area contributed by atoms with E-state index in [9.17, 15) is 30.3 Å². The number of aromatic amines is 1. The van der Waals surface area contributed by atoms with Gasteiger partial charge in [0.2, 0.25) is 5.79 Å². The zero-order valence-corrected chi connectivity index (χ0v) is 25.4. The second-order valence-electron chi connectivity index (χ2n) is 12.2. The predicted octanol–water partition coefficient (Wildman–Crippen LogP) is -0.444. The number of carbonyl (C=O) groups excluding carboxylic acids is 1. The van der Waals surface area contributed by atoms with Gasteiger partial charge in [-0.15, -0.1) is 23.2 Å². The lowest BCUT2D eigenvalue weighted by atomic mass is 10.0. The van der Waals surface area contributed by atoms with Crippen molar-refractivity contribution in [2.24, 2.45) is 0 Å². The number of nitrogens with zero attached hydrogens (tertiary/aromatic N) is 1. The summed E-state index contributed by atoms with van der Waals surface area (Å²) in [4.78, 5) is 14.7. The van der Waals surface area contributed by atoms with Crippen molar-refractivity contribution < 1.29 is 53.8 Å². The van der Waals surface area contributed by atoms with Gasteiger partial charge in [-0.3, -0.25) is 0 Å². The number of hydrogen-bond acceptors (Lipinski definition) is 10. The molecule has 3 saturated heterocycles. The van der Waals surface area contributed by atoms with Crippen molar-refractivity contribution in [2.45, 2.75) is 73.0 Å². The van der Waals surface area contributed by atoms with Crippen LogP contribution in [0.2, 0.25) is 0 Å². The van der Waals surface area contributed by atoms with Crippen LogP contribution in [0.4, 0.5) is 4.79 Å². The molecule has 3 fully saturated rings. The number of aliphatic hydroxyl groups excluding tert-OH is 5. The first-order valence-corrected chi connectivity index (χ1v) is 15.2. The molecule has 1 aromatic heterocycles. The van der Waals surface area contributed by atoms with E-state index in [1.54, 1.807) is 0 Å². The number of benzene rings is 1. The number of halogens is 2. The van der Waals surface area contributed by atoms with Gasteiger partial charge in [0.05, 0.1) is 44.5 Å². The Morgan fingerprint density at radius 3 is 2.58 bits per heavy atom. The van der Waals surface area contributed by atoms with Crippen LogP contribution in [0.5, 0.6) is 0 Å². The maximum Gasteiger partial charge on any atom is 0.407 e. The second kappa shape index (κ2) is 12.9. The minimum atomic E-state index is -1.95. The topological polar surface area (TPSA) is 183 Å². The molecule has 0 spiro atoms. The molecule has 43 heavy (non-hydrogen) atoms. The number of hydrogen-bond donors (Lipinski definition) is 7. The Morgan fingerprint density at radius 1 is 1.14 bits per heavy atom. The van der Waals surface area contributed by atoms with Gasteiger partial charge in [0.15, 0.2) is 6.29 Å². The molecule has 13 nitrogen and oxygen atoms in total. The number of alkyl carbamates (subject to hydrolysis) is 1. The van der Waals surface area contributed by atoms with Crippen LogP contribution in [0.25, 0.3) is 10.9 Å². The van der Waals surface area contributed by atoms with E-state index in [-0.39, 0.29) is 12.6 Å². The number of nitrogens with one attached hydrogen (secondary N) is 2. The van der Waals surface area contributed by atoms with Crippen LogP contribution in [0.15, 0.2) is 24.4 Å². The number of likely N-dealkylation sites (N-methyl/N-ethyl adjacent to an activating group) is 1. The third kappa shape index (κ3) is 6.77. The minimum absolute atomic E-state index is 0.0634. The summed E-state index contributed by atoms with van der Waals surface area (Å²) in [7, 11) is 3.95. The Kier molecular flexibility index (Phi) is 9.81. The molecule has 1 aromatic carbocycles. The van der Waals surface area contributed by atoms with E-state index in [0.717, 1.165) is 22.0 Å². The lowest BCUT2D eigenvalue weighted by Crippen LogP contribution is -2.61. The standard InChI is InChI=1S/C28H39Cl2N3O10/c1-33(2,6-5-15-9-31-18-4-3-14(8-17(15)18)7-16-12-40-27(39)32-16)10-19-22(35)25(38)28(13-29,42-19)43-26-24(37)23(36)21(30)20(11-34)41-26/h3-4,8-9,16,19-26,31,34-38H,5-7,10-13H2,1-2H3/p+1/t16-,19-,20-,21+,22-,23+,24-,25+,26-,28+/m1/s1. The van der Waals surface area contributed by atoms with E-state index in [2.05, 4.69) is 16.4 Å². The Hall–Kier alpha value is -1.75. The summed E-state index contributed by atoms with van der Waals surface area (Å²) < 4.78 is 22.8. The average Bonchev–Trinajstić information content (AvgIpc) is 3.64. The van der Waals surface area contributed by atoms with Crippen LogP contribution in [-0.4, -0.2) is 147 Å². The highest BCUT2D eigenvalue weighted by molar-refractivity contribution is 6.21. The number of quaternary nitrogens is 1. The second-order valence-corrected chi connectivity index (χ2v) is 13.0. The molecule has 7 N–H and O–H groups in total. The van der Waals surface area contributed by atoms with Crippen molar-refractivity contribution in [3.05, 3.63) is 35.5 Å². The number of aliphatic hydroxyl groups is 5. The predicted molar refractivity (Wildman–Crippen MR) is 155 cm³/mol. The monoisotopic (exact) mass is 648 g/mol. The molecule has 15 heteroatoms. The van der Waals surface area contributed by atoms with Gasteiger partial charge in [-0.05, 0) is 29.7 Å². The minimum Gasteiger partial charge on any atom is -0.447 e. The number of ether oxygens (including phenoxy) is 4. The first-order valence-electron chi connectivity index (χ1n) is 14.2. The number of amides is 1. The van der Waals surface area contributed by atoms with Crippen LogP contribution in [0.1, 0.15) is 11.1 Å². The maximum atomic E-state index is 11.4. The molecular weight excluding hydrogens is 609 g/mol. The number of H-pyrrole nitrogens is 1. The van der Waals surface area contributed by atoms with E-state index in [1.807, 2.05) is 32.4 Å². The van der Waals surface area contributed by atoms with Crippen molar-refractivity contribution in [1.82, 2.24) is 10.3 Å². The fraction of sp³-hybridized carbons (Fsp3) is 0.679. The van der Waals surface area contributed by atoms with E-state index in [1.165, 1.54) is 0 Å². The van der Waals surface area contributed by atoms with Crippen molar-refractivity contribution in [1.29, 1.82) is 0 Å². The van der Waals surface area contributed by atoms with Crippen LogP contribution in [0.3, 0.4) is 0 Å². The number of alkyl halides is 2. The Labute approximate surface area is 258 Å². The largest absolute Gasteiger partial charge is 0.447 e. The number of aromatic nitrogens is 1. The third-order valence-corrected chi connectivity index (χ3v) is 9.43. The van der Waals surface area contributed by atoms with Gasteiger partial charge in [0, 0.05) is 23.5 Å². The molecular formula is C28H40Cl2N3O10+. The Bertz CT molecular complexity index is 1280. The highest BCUT2D eigenvalue weighted by Crippen LogP contribution is 2.38. The van der Waals surface area contributed by atoms with Crippen molar-refractivity contribution >= 4 is 40.2 Å². The summed E-state index contributed by atoms with van der Waals surface area (Å²) in [6, 6.07) is 6.10. The molecule has 0 radical (unpaired) electrons. The number of rotatable bonds is 11. The molecule has 5 rings (SSSR count). The van der Waals surface area contributed by atoms with E-state index in [0.29, 0.717) is 30.5 Å². The first-order chi connectivity index (χ1) is 20.4. The molecule has 240 valence electrons. The van der Waals surface area contributed by atoms with Gasteiger partial charge in [-0.25, -0.2) is 4.79 Å². The summed E-state index contributed by atoms with van der Waals surface area (Å²) >= 11 is 12.2.